The molecule has 210 valence electrons. The molecular weight excluding hydrogens is 561 g/mol. The Morgan fingerprint density at radius 3 is 2.31 bits per heavy atom. The fraction of sp³-hybridized carbons (Fsp3) is 0.308. The molecule has 8 nitrogen and oxygen atoms in total. The molecule has 39 heavy (non-hydrogen) atoms. The van der Waals surface area contributed by atoms with Gasteiger partial charge in [-0.1, -0.05) is 41.9 Å². The number of likely N-dealkylation sites (N-methyl/N-ethyl adjacent to an activating group) is 1. The molecule has 0 bridgehead atoms. The van der Waals surface area contributed by atoms with Crippen molar-refractivity contribution in [2.24, 2.45) is 0 Å². The quantitative estimate of drug-likeness (QED) is 0.339. The highest BCUT2D eigenvalue weighted by molar-refractivity contribution is 7.93. The third-order valence-electron chi connectivity index (χ3n) is 5.98. The van der Waals surface area contributed by atoms with E-state index in [1.807, 2.05) is 7.05 Å². The van der Waals surface area contributed by atoms with Crippen LogP contribution in [0.1, 0.15) is 6.42 Å². The standard InChI is InChI=1S/C26H26ClF3N2O6S/c1-32-12-11-18(15-32)37-21-13-17(9-10-20(21)27)31-39(33,34)25-19(16-7-5-4-6-8-16)14-22(35-2)23(36-3)24(25)38-26(28,29)30/h4-10,13-14,18,31H,11-12,15H2,1-3H3. The maximum atomic E-state index is 13.8. The van der Waals surface area contributed by atoms with Gasteiger partial charge in [0.15, 0.2) is 11.5 Å². The Hall–Kier alpha value is -3.35. The first-order chi connectivity index (χ1) is 18.4. The zero-order valence-electron chi connectivity index (χ0n) is 21.2. The van der Waals surface area contributed by atoms with Crippen molar-refractivity contribution in [2.75, 3.05) is 39.1 Å². The predicted molar refractivity (Wildman–Crippen MR) is 140 cm³/mol. The number of hydrogen-bond acceptors (Lipinski definition) is 7. The van der Waals surface area contributed by atoms with Gasteiger partial charge in [-0.15, -0.1) is 13.2 Å². The van der Waals surface area contributed by atoms with Crippen LogP contribution in [0.25, 0.3) is 11.1 Å². The molecule has 1 fully saturated rings. The molecule has 4 rings (SSSR count). The first kappa shape index (κ1) is 28.7. The fourth-order valence-electron chi connectivity index (χ4n) is 4.29. The summed E-state index contributed by atoms with van der Waals surface area (Å²) in [6.07, 6.45) is -4.64. The Kier molecular flexibility index (Phi) is 8.38. The monoisotopic (exact) mass is 586 g/mol. The molecule has 13 heteroatoms. The summed E-state index contributed by atoms with van der Waals surface area (Å²) in [5.74, 6) is -1.53. The highest BCUT2D eigenvalue weighted by atomic mass is 35.5. The highest BCUT2D eigenvalue weighted by Gasteiger charge is 2.39. The van der Waals surface area contributed by atoms with Crippen molar-refractivity contribution in [2.45, 2.75) is 23.8 Å². The van der Waals surface area contributed by atoms with Crippen LogP contribution < -0.4 is 23.7 Å². The summed E-state index contributed by atoms with van der Waals surface area (Å²) in [4.78, 5) is 1.29. The van der Waals surface area contributed by atoms with E-state index in [4.69, 9.17) is 25.8 Å². The molecule has 0 aliphatic carbocycles. The van der Waals surface area contributed by atoms with Gasteiger partial charge in [0.25, 0.3) is 10.0 Å². The second kappa shape index (κ2) is 11.4. The predicted octanol–water partition coefficient (Wildman–Crippen LogP) is 5.81. The Morgan fingerprint density at radius 2 is 1.72 bits per heavy atom. The topological polar surface area (TPSA) is 86.3 Å². The molecule has 1 aliphatic heterocycles. The average molecular weight is 587 g/mol. The van der Waals surface area contributed by atoms with Crippen LogP contribution in [0.3, 0.4) is 0 Å². The first-order valence-electron chi connectivity index (χ1n) is 11.7. The van der Waals surface area contributed by atoms with E-state index in [0.717, 1.165) is 20.1 Å². The normalized spacial score (nSPS) is 16.1. The molecule has 1 atom stereocenters. The van der Waals surface area contributed by atoms with Gasteiger partial charge in [-0.2, -0.15) is 0 Å². The summed E-state index contributed by atoms with van der Waals surface area (Å²) in [7, 11) is -0.492. The van der Waals surface area contributed by atoms with Gasteiger partial charge in [-0.05, 0) is 37.2 Å². The maximum absolute atomic E-state index is 13.8. The van der Waals surface area contributed by atoms with E-state index in [0.29, 0.717) is 12.1 Å². The van der Waals surface area contributed by atoms with E-state index in [1.165, 1.54) is 31.4 Å². The number of nitrogens with zero attached hydrogens (tertiary/aromatic N) is 1. The number of methoxy groups -OCH3 is 2. The molecule has 0 spiro atoms. The van der Waals surface area contributed by atoms with Gasteiger partial charge in [0, 0.05) is 24.7 Å². The second-order valence-electron chi connectivity index (χ2n) is 8.77. The number of nitrogens with one attached hydrogen (secondary N) is 1. The number of halogens is 4. The van der Waals surface area contributed by atoms with Crippen molar-refractivity contribution in [1.29, 1.82) is 0 Å². The van der Waals surface area contributed by atoms with Crippen LogP contribution >= 0.6 is 11.6 Å². The lowest BCUT2D eigenvalue weighted by molar-refractivity contribution is -0.276. The largest absolute Gasteiger partial charge is 0.573 e. The van der Waals surface area contributed by atoms with Gasteiger partial charge in [0.05, 0.1) is 24.9 Å². The Balaban J connectivity index is 1.85. The lowest BCUT2D eigenvalue weighted by atomic mass is 10.0. The van der Waals surface area contributed by atoms with Gasteiger partial charge in [-0.3, -0.25) is 4.72 Å². The van der Waals surface area contributed by atoms with Gasteiger partial charge < -0.3 is 23.8 Å². The van der Waals surface area contributed by atoms with E-state index in [9.17, 15) is 21.6 Å². The molecule has 1 N–H and O–H groups in total. The van der Waals surface area contributed by atoms with Crippen molar-refractivity contribution in [1.82, 2.24) is 4.90 Å². The van der Waals surface area contributed by atoms with Crippen LogP contribution in [0, 0.1) is 0 Å². The second-order valence-corrected chi connectivity index (χ2v) is 10.8. The zero-order chi connectivity index (χ0) is 28.4. The number of hydrogen-bond donors (Lipinski definition) is 1. The van der Waals surface area contributed by atoms with Crippen molar-refractivity contribution < 1.29 is 40.5 Å². The van der Waals surface area contributed by atoms with Crippen LogP contribution in [0.15, 0.2) is 59.5 Å². The molecular formula is C26H26ClF3N2O6S. The van der Waals surface area contributed by atoms with E-state index >= 15 is 0 Å². The highest BCUT2D eigenvalue weighted by Crippen LogP contribution is 2.49. The minimum atomic E-state index is -5.24. The van der Waals surface area contributed by atoms with E-state index in [2.05, 4.69) is 14.4 Å². The molecule has 0 radical (unpaired) electrons. The summed E-state index contributed by atoms with van der Waals surface area (Å²) >= 11 is 6.28. The molecule has 1 heterocycles. The average Bonchev–Trinajstić information content (AvgIpc) is 3.29. The lowest BCUT2D eigenvalue weighted by Crippen LogP contribution is -2.23. The maximum Gasteiger partial charge on any atom is 0.573 e. The summed E-state index contributed by atoms with van der Waals surface area (Å²) < 4.78 is 91.3. The fourth-order valence-corrected chi connectivity index (χ4v) is 5.83. The summed E-state index contributed by atoms with van der Waals surface area (Å²) in [5.41, 5.74) is 0.225. The molecule has 0 aromatic heterocycles. The van der Waals surface area contributed by atoms with Crippen LogP contribution in [-0.2, 0) is 10.0 Å². The van der Waals surface area contributed by atoms with Gasteiger partial charge in [-0.25, -0.2) is 8.42 Å². The van der Waals surface area contributed by atoms with E-state index in [1.54, 1.807) is 30.3 Å². The zero-order valence-corrected chi connectivity index (χ0v) is 22.8. The van der Waals surface area contributed by atoms with Crippen molar-refractivity contribution >= 4 is 27.3 Å². The Labute approximate surface area is 229 Å². The van der Waals surface area contributed by atoms with Crippen LogP contribution in [0.4, 0.5) is 18.9 Å². The SMILES string of the molecule is COc1cc(-c2ccccc2)c(S(=O)(=O)Nc2ccc(Cl)c(OC3CCN(C)C3)c2)c(OC(F)(F)F)c1OC. The Bertz CT molecular complexity index is 1440. The molecule has 0 saturated carbocycles. The van der Waals surface area contributed by atoms with Crippen LogP contribution in [0.2, 0.25) is 5.02 Å². The van der Waals surface area contributed by atoms with Gasteiger partial charge in [0.2, 0.25) is 5.75 Å². The molecule has 1 aliphatic rings. The minimum Gasteiger partial charge on any atom is -0.493 e. The number of anilines is 1. The van der Waals surface area contributed by atoms with Crippen molar-refractivity contribution in [3.05, 3.63) is 59.6 Å². The first-order valence-corrected chi connectivity index (χ1v) is 13.6. The van der Waals surface area contributed by atoms with E-state index in [-0.39, 0.29) is 33.9 Å². The number of ether oxygens (including phenoxy) is 4. The number of benzene rings is 3. The smallest absolute Gasteiger partial charge is 0.493 e. The third-order valence-corrected chi connectivity index (χ3v) is 7.74. The van der Waals surface area contributed by atoms with E-state index < -0.39 is 32.8 Å². The molecule has 1 saturated heterocycles. The number of sulfonamides is 1. The molecule has 0 amide bonds. The summed E-state index contributed by atoms with van der Waals surface area (Å²) in [5, 5.41) is 0.254. The summed E-state index contributed by atoms with van der Waals surface area (Å²) in [6.45, 7) is 1.49. The molecule has 1 unspecified atom stereocenters. The number of likely N-dealkylation sites (tertiary alicyclic amines) is 1. The number of alkyl halides is 3. The van der Waals surface area contributed by atoms with Gasteiger partial charge in [0.1, 0.15) is 16.7 Å². The van der Waals surface area contributed by atoms with Crippen LogP contribution in [0.5, 0.6) is 23.0 Å². The number of rotatable bonds is 9. The minimum absolute atomic E-state index is 0.0208. The molecule has 3 aromatic carbocycles. The lowest BCUT2D eigenvalue weighted by Gasteiger charge is -2.22. The van der Waals surface area contributed by atoms with Crippen molar-refractivity contribution in [3.63, 3.8) is 0 Å². The summed E-state index contributed by atoms with van der Waals surface area (Å²) in [6, 6.07) is 13.5. The van der Waals surface area contributed by atoms with Crippen molar-refractivity contribution in [3.8, 4) is 34.1 Å². The molecule has 3 aromatic rings. The third kappa shape index (κ3) is 6.63. The Morgan fingerprint density at radius 1 is 1.00 bits per heavy atom. The van der Waals surface area contributed by atoms with Crippen LogP contribution in [-0.4, -0.2) is 60.1 Å². The van der Waals surface area contributed by atoms with Gasteiger partial charge >= 0.3 is 6.36 Å².